The molecule has 1 N–H and O–H groups in total. The van der Waals surface area contributed by atoms with Crippen LogP contribution in [0.15, 0.2) is 30.3 Å². The van der Waals surface area contributed by atoms with Gasteiger partial charge >= 0.3 is 0 Å². The topological polar surface area (TPSA) is 45.2 Å². The molecule has 0 saturated carbocycles. The summed E-state index contributed by atoms with van der Waals surface area (Å²) in [6.07, 6.45) is 0. The van der Waals surface area contributed by atoms with Gasteiger partial charge in [-0.05, 0) is 42.8 Å². The fraction of sp³-hybridized carbons (Fsp3) is 0.200. The number of amides is 1. The summed E-state index contributed by atoms with van der Waals surface area (Å²) >= 11 is 11.7. The van der Waals surface area contributed by atoms with Gasteiger partial charge in [0.15, 0.2) is 0 Å². The van der Waals surface area contributed by atoms with E-state index in [9.17, 15) is 4.79 Å². The standard InChI is InChI=1S/C15H15Cl2N3O/c1-9-8-10(20(2)3)4-6-12(9)18-15(21)11-5-7-13(16)19-14(11)17/h4-8H,1-3H3,(H,18,21). The van der Waals surface area contributed by atoms with Gasteiger partial charge in [-0.25, -0.2) is 4.98 Å². The van der Waals surface area contributed by atoms with Crippen LogP contribution in [0.5, 0.6) is 0 Å². The number of rotatable bonds is 3. The zero-order valence-corrected chi connectivity index (χ0v) is 13.5. The summed E-state index contributed by atoms with van der Waals surface area (Å²) in [4.78, 5) is 18.1. The van der Waals surface area contributed by atoms with Crippen molar-refractivity contribution in [1.29, 1.82) is 0 Å². The van der Waals surface area contributed by atoms with E-state index in [2.05, 4.69) is 10.3 Å². The number of benzene rings is 1. The van der Waals surface area contributed by atoms with E-state index in [4.69, 9.17) is 23.2 Å². The Bertz CT molecular complexity index is 687. The average Bonchev–Trinajstić information content (AvgIpc) is 2.40. The zero-order valence-electron chi connectivity index (χ0n) is 11.9. The number of pyridine rings is 1. The largest absolute Gasteiger partial charge is 0.378 e. The summed E-state index contributed by atoms with van der Waals surface area (Å²) < 4.78 is 0. The van der Waals surface area contributed by atoms with Gasteiger partial charge in [-0.15, -0.1) is 0 Å². The van der Waals surface area contributed by atoms with Crippen LogP contribution >= 0.6 is 23.2 Å². The quantitative estimate of drug-likeness (QED) is 0.868. The van der Waals surface area contributed by atoms with E-state index in [1.54, 1.807) is 6.07 Å². The lowest BCUT2D eigenvalue weighted by molar-refractivity contribution is 0.102. The van der Waals surface area contributed by atoms with Crippen molar-refractivity contribution in [2.24, 2.45) is 0 Å². The number of carbonyl (C=O) groups excluding carboxylic acids is 1. The molecule has 1 aromatic carbocycles. The van der Waals surface area contributed by atoms with Crippen molar-refractivity contribution < 1.29 is 4.79 Å². The third-order valence-corrected chi connectivity index (χ3v) is 3.53. The lowest BCUT2D eigenvalue weighted by Gasteiger charge is -2.15. The van der Waals surface area contributed by atoms with Gasteiger partial charge in [-0.3, -0.25) is 4.79 Å². The lowest BCUT2D eigenvalue weighted by atomic mass is 10.1. The van der Waals surface area contributed by atoms with Gasteiger partial charge in [0.05, 0.1) is 5.56 Å². The second-order valence-electron chi connectivity index (χ2n) is 4.82. The molecule has 0 saturated heterocycles. The highest BCUT2D eigenvalue weighted by molar-refractivity contribution is 6.35. The van der Waals surface area contributed by atoms with Crippen molar-refractivity contribution in [2.75, 3.05) is 24.3 Å². The molecular weight excluding hydrogens is 309 g/mol. The summed E-state index contributed by atoms with van der Waals surface area (Å²) in [6, 6.07) is 8.88. The maximum absolute atomic E-state index is 12.2. The van der Waals surface area contributed by atoms with Gasteiger partial charge < -0.3 is 10.2 Å². The summed E-state index contributed by atoms with van der Waals surface area (Å²) in [6.45, 7) is 1.93. The van der Waals surface area contributed by atoms with Crippen molar-refractivity contribution >= 4 is 40.5 Å². The Morgan fingerprint density at radius 1 is 1.19 bits per heavy atom. The molecule has 0 spiro atoms. The van der Waals surface area contributed by atoms with Gasteiger partial charge in [0, 0.05) is 25.5 Å². The van der Waals surface area contributed by atoms with E-state index in [0.717, 1.165) is 16.9 Å². The Morgan fingerprint density at radius 3 is 2.48 bits per heavy atom. The SMILES string of the molecule is Cc1cc(N(C)C)ccc1NC(=O)c1ccc(Cl)nc1Cl. The number of aryl methyl sites for hydroxylation is 1. The second-order valence-corrected chi connectivity index (χ2v) is 5.57. The Balaban J connectivity index is 2.23. The molecule has 0 aliphatic heterocycles. The highest BCUT2D eigenvalue weighted by Gasteiger charge is 2.13. The summed E-state index contributed by atoms with van der Waals surface area (Å²) in [5.41, 5.74) is 3.05. The first kappa shape index (κ1) is 15.6. The molecule has 0 aliphatic carbocycles. The minimum Gasteiger partial charge on any atom is -0.378 e. The van der Waals surface area contributed by atoms with Crippen LogP contribution < -0.4 is 10.2 Å². The molecule has 0 fully saturated rings. The molecule has 0 aliphatic rings. The first-order chi connectivity index (χ1) is 9.88. The Labute approximate surface area is 133 Å². The van der Waals surface area contributed by atoms with E-state index in [-0.39, 0.29) is 21.8 Å². The van der Waals surface area contributed by atoms with Crippen LogP contribution in [-0.2, 0) is 0 Å². The number of nitrogens with one attached hydrogen (secondary N) is 1. The van der Waals surface area contributed by atoms with Crippen LogP contribution in [0.4, 0.5) is 11.4 Å². The number of anilines is 2. The van der Waals surface area contributed by atoms with Crippen LogP contribution in [0.1, 0.15) is 15.9 Å². The summed E-state index contributed by atoms with van der Waals surface area (Å²) in [5.74, 6) is -0.315. The van der Waals surface area contributed by atoms with E-state index < -0.39 is 0 Å². The molecule has 2 rings (SSSR count). The van der Waals surface area contributed by atoms with E-state index in [1.165, 1.54) is 6.07 Å². The third kappa shape index (κ3) is 3.65. The molecule has 0 radical (unpaired) electrons. The number of nitrogens with zero attached hydrogens (tertiary/aromatic N) is 2. The maximum atomic E-state index is 12.2. The molecule has 0 unspecified atom stereocenters. The predicted octanol–water partition coefficient (Wildman–Crippen LogP) is 4.02. The van der Waals surface area contributed by atoms with Crippen LogP contribution in [0, 0.1) is 6.92 Å². The number of carbonyl (C=O) groups is 1. The van der Waals surface area contributed by atoms with E-state index in [0.29, 0.717) is 0 Å². The average molecular weight is 324 g/mol. The van der Waals surface area contributed by atoms with E-state index in [1.807, 2.05) is 44.1 Å². The molecular formula is C15H15Cl2N3O. The number of hydrogen-bond acceptors (Lipinski definition) is 3. The maximum Gasteiger partial charge on any atom is 0.258 e. The van der Waals surface area contributed by atoms with Gasteiger partial charge in [0.2, 0.25) is 0 Å². The van der Waals surface area contributed by atoms with Crippen molar-refractivity contribution in [2.45, 2.75) is 6.92 Å². The van der Waals surface area contributed by atoms with Crippen LogP contribution in [-0.4, -0.2) is 25.0 Å². The van der Waals surface area contributed by atoms with Crippen molar-refractivity contribution in [1.82, 2.24) is 4.98 Å². The van der Waals surface area contributed by atoms with Gasteiger partial charge in [0.25, 0.3) is 5.91 Å². The molecule has 110 valence electrons. The molecule has 21 heavy (non-hydrogen) atoms. The second kappa shape index (κ2) is 6.33. The van der Waals surface area contributed by atoms with Gasteiger partial charge in [-0.1, -0.05) is 23.2 Å². The molecule has 6 heteroatoms. The Kier molecular flexibility index (Phi) is 4.70. The minimum absolute atomic E-state index is 0.0857. The van der Waals surface area contributed by atoms with Crippen molar-refractivity contribution in [3.05, 3.63) is 51.8 Å². The lowest BCUT2D eigenvalue weighted by Crippen LogP contribution is -2.14. The molecule has 0 bridgehead atoms. The first-order valence-electron chi connectivity index (χ1n) is 6.30. The highest BCUT2D eigenvalue weighted by Crippen LogP contribution is 2.23. The smallest absolute Gasteiger partial charge is 0.258 e. The molecule has 4 nitrogen and oxygen atoms in total. The zero-order chi connectivity index (χ0) is 15.6. The molecule has 0 atom stereocenters. The molecule has 1 heterocycles. The Morgan fingerprint density at radius 2 is 1.90 bits per heavy atom. The van der Waals surface area contributed by atoms with Gasteiger partial charge in [-0.2, -0.15) is 0 Å². The van der Waals surface area contributed by atoms with Crippen molar-refractivity contribution in [3.8, 4) is 0 Å². The fourth-order valence-corrected chi connectivity index (χ4v) is 2.27. The molecule has 2 aromatic rings. The minimum atomic E-state index is -0.315. The summed E-state index contributed by atoms with van der Waals surface area (Å²) in [5, 5.41) is 3.17. The van der Waals surface area contributed by atoms with Gasteiger partial charge in [0.1, 0.15) is 10.3 Å². The number of aromatic nitrogens is 1. The number of halogens is 2. The fourth-order valence-electron chi connectivity index (χ4n) is 1.84. The normalized spacial score (nSPS) is 10.3. The summed E-state index contributed by atoms with van der Waals surface area (Å²) in [7, 11) is 3.93. The highest BCUT2D eigenvalue weighted by atomic mass is 35.5. The van der Waals surface area contributed by atoms with Crippen molar-refractivity contribution in [3.63, 3.8) is 0 Å². The van der Waals surface area contributed by atoms with Crippen LogP contribution in [0.25, 0.3) is 0 Å². The Hall–Kier alpha value is -1.78. The monoisotopic (exact) mass is 323 g/mol. The first-order valence-corrected chi connectivity index (χ1v) is 7.05. The van der Waals surface area contributed by atoms with Crippen LogP contribution in [0.3, 0.4) is 0 Å². The molecule has 1 amide bonds. The number of hydrogen-bond donors (Lipinski definition) is 1. The van der Waals surface area contributed by atoms with E-state index >= 15 is 0 Å². The molecule has 1 aromatic heterocycles. The predicted molar refractivity (Wildman–Crippen MR) is 87.7 cm³/mol. The van der Waals surface area contributed by atoms with Crippen LogP contribution in [0.2, 0.25) is 10.3 Å². The third-order valence-electron chi connectivity index (χ3n) is 3.03.